The van der Waals surface area contributed by atoms with E-state index in [0.29, 0.717) is 16.5 Å². The van der Waals surface area contributed by atoms with E-state index in [1.54, 1.807) is 46.2 Å². The van der Waals surface area contributed by atoms with Gasteiger partial charge in [-0.1, -0.05) is 0 Å². The van der Waals surface area contributed by atoms with Gasteiger partial charge in [-0.3, -0.25) is 0 Å². The van der Waals surface area contributed by atoms with Crippen LogP contribution < -0.4 is 5.32 Å². The molecular formula is C13H17BrN6O2. The van der Waals surface area contributed by atoms with Crippen LogP contribution in [0.25, 0.3) is 5.95 Å². The molecule has 9 heteroatoms. The summed E-state index contributed by atoms with van der Waals surface area (Å²) in [6, 6.07) is 1.29. The largest absolute Gasteiger partial charge is 0.444 e. The zero-order valence-corrected chi connectivity index (χ0v) is 14.3. The molecule has 1 atom stereocenters. The molecule has 2 aromatic heterocycles. The van der Waals surface area contributed by atoms with Crippen molar-refractivity contribution in [1.82, 2.24) is 30.0 Å². The van der Waals surface area contributed by atoms with E-state index < -0.39 is 17.7 Å². The minimum absolute atomic E-state index is 0.387. The second kappa shape index (κ2) is 6.39. The number of nitrogens with one attached hydrogen (secondary N) is 1. The molecule has 0 unspecified atom stereocenters. The Hall–Kier alpha value is -2.03. The van der Waals surface area contributed by atoms with Crippen LogP contribution in [0.15, 0.2) is 23.2 Å². The molecule has 1 N–H and O–H groups in total. The molecule has 0 aliphatic carbocycles. The molecular weight excluding hydrogens is 352 g/mol. The number of hydrogen-bond acceptors (Lipinski definition) is 6. The first kappa shape index (κ1) is 16.3. The van der Waals surface area contributed by atoms with Crippen molar-refractivity contribution in [3.63, 3.8) is 0 Å². The van der Waals surface area contributed by atoms with Gasteiger partial charge in [-0.2, -0.15) is 4.68 Å². The van der Waals surface area contributed by atoms with Gasteiger partial charge in [0.25, 0.3) is 5.95 Å². The van der Waals surface area contributed by atoms with Crippen LogP contribution in [0.3, 0.4) is 0 Å². The number of amides is 1. The molecule has 8 nitrogen and oxygen atoms in total. The van der Waals surface area contributed by atoms with Crippen molar-refractivity contribution in [1.29, 1.82) is 0 Å². The Morgan fingerprint density at radius 2 is 2.00 bits per heavy atom. The third kappa shape index (κ3) is 4.23. The molecule has 0 saturated heterocycles. The van der Waals surface area contributed by atoms with Gasteiger partial charge in [-0.15, -0.1) is 5.10 Å². The second-order valence-corrected chi connectivity index (χ2v) is 6.28. The quantitative estimate of drug-likeness (QED) is 0.893. The van der Waals surface area contributed by atoms with Crippen molar-refractivity contribution in [2.45, 2.75) is 39.3 Å². The van der Waals surface area contributed by atoms with Gasteiger partial charge < -0.3 is 10.1 Å². The molecule has 0 aliphatic heterocycles. The highest BCUT2D eigenvalue weighted by atomic mass is 79.9. The topological polar surface area (TPSA) is 94.8 Å². The smallest absolute Gasteiger partial charge is 0.408 e. The maximum atomic E-state index is 11.8. The summed E-state index contributed by atoms with van der Waals surface area (Å²) in [5.74, 6) is 0.808. The summed E-state index contributed by atoms with van der Waals surface area (Å²) in [7, 11) is 0. The van der Waals surface area contributed by atoms with Crippen LogP contribution >= 0.6 is 15.9 Å². The van der Waals surface area contributed by atoms with Crippen molar-refractivity contribution < 1.29 is 9.53 Å². The molecule has 0 radical (unpaired) electrons. The third-order valence-electron chi connectivity index (χ3n) is 2.45. The van der Waals surface area contributed by atoms with E-state index in [1.807, 2.05) is 0 Å². The van der Waals surface area contributed by atoms with Crippen molar-refractivity contribution >= 4 is 22.0 Å². The van der Waals surface area contributed by atoms with Crippen LogP contribution in [0.4, 0.5) is 4.79 Å². The molecule has 118 valence electrons. The number of carbonyl (C=O) groups excluding carboxylic acids is 1. The lowest BCUT2D eigenvalue weighted by molar-refractivity contribution is 0.0506. The highest BCUT2D eigenvalue weighted by molar-refractivity contribution is 9.10. The molecule has 2 aromatic rings. The molecule has 2 rings (SSSR count). The van der Waals surface area contributed by atoms with Gasteiger partial charge in [0.2, 0.25) is 4.73 Å². The van der Waals surface area contributed by atoms with E-state index >= 15 is 0 Å². The van der Waals surface area contributed by atoms with Crippen LogP contribution in [0.2, 0.25) is 0 Å². The SMILES string of the molecule is C[C@H](NC(=O)OC(C)(C)C)c1nc(Br)n(-c2ncccn2)n1. The van der Waals surface area contributed by atoms with E-state index in [9.17, 15) is 4.79 Å². The summed E-state index contributed by atoms with van der Waals surface area (Å²) in [4.78, 5) is 24.2. The number of carbonyl (C=O) groups is 1. The van der Waals surface area contributed by atoms with Gasteiger partial charge in [0.1, 0.15) is 5.60 Å². The Morgan fingerprint density at radius 3 is 2.59 bits per heavy atom. The van der Waals surface area contributed by atoms with Crippen LogP contribution in [0.1, 0.15) is 39.6 Å². The zero-order valence-electron chi connectivity index (χ0n) is 12.7. The number of halogens is 1. The lowest BCUT2D eigenvalue weighted by atomic mass is 10.2. The van der Waals surface area contributed by atoms with Crippen molar-refractivity contribution in [2.24, 2.45) is 0 Å². The lowest BCUT2D eigenvalue weighted by Gasteiger charge is -2.21. The number of hydrogen-bond donors (Lipinski definition) is 1. The number of nitrogens with zero attached hydrogens (tertiary/aromatic N) is 5. The molecule has 0 spiro atoms. The van der Waals surface area contributed by atoms with Crippen LogP contribution in [-0.2, 0) is 4.74 Å². The summed E-state index contributed by atoms with van der Waals surface area (Å²) in [6.45, 7) is 7.16. The lowest BCUT2D eigenvalue weighted by Crippen LogP contribution is -2.34. The van der Waals surface area contributed by atoms with Gasteiger partial charge >= 0.3 is 6.09 Å². The molecule has 0 aromatic carbocycles. The van der Waals surface area contributed by atoms with E-state index in [1.165, 1.54) is 4.68 Å². The molecule has 0 saturated carbocycles. The fourth-order valence-corrected chi connectivity index (χ4v) is 1.99. The first-order valence-electron chi connectivity index (χ1n) is 6.65. The van der Waals surface area contributed by atoms with E-state index in [2.05, 4.69) is 41.3 Å². The summed E-state index contributed by atoms with van der Waals surface area (Å²) in [5, 5.41) is 6.98. The minimum atomic E-state index is -0.560. The van der Waals surface area contributed by atoms with Gasteiger partial charge in [-0.25, -0.2) is 19.7 Å². The van der Waals surface area contributed by atoms with Crippen LogP contribution in [0, 0.1) is 0 Å². The van der Waals surface area contributed by atoms with Gasteiger partial charge in [0, 0.05) is 12.4 Å². The first-order chi connectivity index (χ1) is 10.3. The van der Waals surface area contributed by atoms with Crippen LogP contribution in [-0.4, -0.2) is 36.4 Å². The van der Waals surface area contributed by atoms with Gasteiger partial charge in [0.15, 0.2) is 5.82 Å². The van der Waals surface area contributed by atoms with Gasteiger partial charge in [-0.05, 0) is 49.7 Å². The van der Waals surface area contributed by atoms with Gasteiger partial charge in [0.05, 0.1) is 6.04 Å². The summed E-state index contributed by atoms with van der Waals surface area (Å²) < 4.78 is 7.10. The zero-order chi connectivity index (χ0) is 16.3. The average molecular weight is 369 g/mol. The Morgan fingerprint density at radius 1 is 1.36 bits per heavy atom. The first-order valence-corrected chi connectivity index (χ1v) is 7.45. The Balaban J connectivity index is 2.12. The van der Waals surface area contributed by atoms with Crippen molar-refractivity contribution in [2.75, 3.05) is 0 Å². The molecule has 0 aliphatic rings. The Bertz CT molecular complexity index is 652. The maximum Gasteiger partial charge on any atom is 0.408 e. The predicted molar refractivity (Wildman–Crippen MR) is 82.4 cm³/mol. The van der Waals surface area contributed by atoms with Crippen LogP contribution in [0.5, 0.6) is 0 Å². The Kier molecular flexibility index (Phi) is 4.74. The Labute approximate surface area is 136 Å². The highest BCUT2D eigenvalue weighted by Gasteiger charge is 2.21. The molecule has 0 bridgehead atoms. The van der Waals surface area contributed by atoms with Crippen molar-refractivity contribution in [3.05, 3.63) is 29.0 Å². The molecule has 2 heterocycles. The maximum absolute atomic E-state index is 11.8. The third-order valence-corrected chi connectivity index (χ3v) is 2.96. The summed E-state index contributed by atoms with van der Waals surface area (Å²) in [5.41, 5.74) is -0.560. The number of alkyl carbamates (subject to hydrolysis) is 1. The predicted octanol–water partition coefficient (Wildman–Crippen LogP) is 2.41. The van der Waals surface area contributed by atoms with E-state index in [-0.39, 0.29) is 0 Å². The average Bonchev–Trinajstić information content (AvgIpc) is 2.79. The standard InChI is InChI=1S/C13H17BrN6O2/c1-8(17-12(21)22-13(2,3)4)9-18-10(14)20(19-9)11-15-6-5-7-16-11/h5-8H,1-4H3,(H,17,21)/t8-/m0/s1. The molecule has 0 fully saturated rings. The minimum Gasteiger partial charge on any atom is -0.444 e. The van der Waals surface area contributed by atoms with E-state index in [0.717, 1.165) is 0 Å². The van der Waals surface area contributed by atoms with Crippen molar-refractivity contribution in [3.8, 4) is 5.95 Å². The number of rotatable bonds is 3. The monoisotopic (exact) mass is 368 g/mol. The molecule has 22 heavy (non-hydrogen) atoms. The summed E-state index contributed by atoms with van der Waals surface area (Å²) in [6.07, 6.45) is 2.69. The fourth-order valence-electron chi connectivity index (χ4n) is 1.57. The highest BCUT2D eigenvalue weighted by Crippen LogP contribution is 2.16. The fraction of sp³-hybridized carbons (Fsp3) is 0.462. The molecule has 1 amide bonds. The van der Waals surface area contributed by atoms with E-state index in [4.69, 9.17) is 4.74 Å². The normalized spacial score (nSPS) is 12.8. The number of aromatic nitrogens is 5. The summed E-state index contributed by atoms with van der Waals surface area (Å²) >= 11 is 3.30. The number of ether oxygens (including phenoxy) is 1. The second-order valence-electron chi connectivity index (χ2n) is 5.57.